The van der Waals surface area contributed by atoms with E-state index in [9.17, 15) is 0 Å². The summed E-state index contributed by atoms with van der Waals surface area (Å²) in [7, 11) is 3.26. The first-order chi connectivity index (χ1) is 13.2. The molecule has 0 radical (unpaired) electrons. The van der Waals surface area contributed by atoms with E-state index < -0.39 is 0 Å². The lowest BCUT2D eigenvalue weighted by atomic mass is 10.00. The van der Waals surface area contributed by atoms with E-state index in [1.807, 2.05) is 25.1 Å². The van der Waals surface area contributed by atoms with Crippen molar-refractivity contribution in [2.24, 2.45) is 0 Å². The Balaban J connectivity index is 1.58. The van der Waals surface area contributed by atoms with Crippen molar-refractivity contribution < 1.29 is 13.9 Å². The molecule has 0 amide bonds. The summed E-state index contributed by atoms with van der Waals surface area (Å²) in [5.41, 5.74) is 4.62. The molecular formula is C22H24N2O3. The van der Waals surface area contributed by atoms with Crippen molar-refractivity contribution in [3.8, 4) is 23.0 Å². The largest absolute Gasteiger partial charge is 0.493 e. The van der Waals surface area contributed by atoms with Crippen LogP contribution in [0, 0.1) is 6.92 Å². The van der Waals surface area contributed by atoms with Gasteiger partial charge in [0, 0.05) is 19.6 Å². The summed E-state index contributed by atoms with van der Waals surface area (Å²) in [4.78, 5) is 7.19. The maximum Gasteiger partial charge on any atom is 0.230 e. The van der Waals surface area contributed by atoms with Crippen LogP contribution in [0.4, 0.5) is 0 Å². The van der Waals surface area contributed by atoms with Gasteiger partial charge < -0.3 is 13.9 Å². The van der Waals surface area contributed by atoms with Crippen LogP contribution >= 0.6 is 0 Å². The Hall–Kier alpha value is -2.79. The van der Waals surface area contributed by atoms with Crippen molar-refractivity contribution in [1.29, 1.82) is 0 Å². The Morgan fingerprint density at radius 3 is 2.63 bits per heavy atom. The summed E-state index contributed by atoms with van der Waals surface area (Å²) >= 11 is 0. The predicted octanol–water partition coefficient (Wildman–Crippen LogP) is 4.23. The summed E-state index contributed by atoms with van der Waals surface area (Å²) in [6.45, 7) is 4.72. The average molecular weight is 364 g/mol. The Kier molecular flexibility index (Phi) is 4.86. The van der Waals surface area contributed by atoms with Crippen molar-refractivity contribution in [1.82, 2.24) is 9.88 Å². The van der Waals surface area contributed by atoms with E-state index in [-0.39, 0.29) is 0 Å². The highest BCUT2D eigenvalue weighted by atomic mass is 16.5. The second-order valence-corrected chi connectivity index (χ2v) is 6.79. The highest BCUT2D eigenvalue weighted by Crippen LogP contribution is 2.38. The molecule has 0 N–H and O–H groups in total. The summed E-state index contributed by atoms with van der Waals surface area (Å²) in [6, 6.07) is 14.4. The van der Waals surface area contributed by atoms with Crippen molar-refractivity contribution >= 4 is 0 Å². The van der Waals surface area contributed by atoms with Gasteiger partial charge in [-0.25, -0.2) is 4.98 Å². The molecule has 140 valence electrons. The van der Waals surface area contributed by atoms with E-state index >= 15 is 0 Å². The topological polar surface area (TPSA) is 47.7 Å². The predicted molar refractivity (Wildman–Crippen MR) is 104 cm³/mol. The van der Waals surface area contributed by atoms with Gasteiger partial charge in [-0.1, -0.05) is 30.3 Å². The fourth-order valence-electron chi connectivity index (χ4n) is 3.65. The van der Waals surface area contributed by atoms with Gasteiger partial charge in [-0.15, -0.1) is 0 Å². The zero-order valence-corrected chi connectivity index (χ0v) is 16.0. The van der Waals surface area contributed by atoms with Crippen molar-refractivity contribution in [2.45, 2.75) is 26.4 Å². The molecule has 3 aromatic rings. The number of hydrogen-bond acceptors (Lipinski definition) is 5. The van der Waals surface area contributed by atoms with E-state index in [1.165, 1.54) is 11.1 Å². The third-order valence-corrected chi connectivity index (χ3v) is 5.11. The molecule has 1 aliphatic rings. The standard InChI is InChI=1S/C22H24N2O3/c1-15-19(14-24-12-11-16-7-4-5-8-17(16)13-24)23-22(27-15)18-9-6-10-20(25-2)21(18)26-3/h4-10H,11-14H2,1-3H3. The smallest absolute Gasteiger partial charge is 0.230 e. The SMILES string of the molecule is COc1cccc(-c2nc(CN3CCc4ccccc4C3)c(C)o2)c1OC. The molecular weight excluding hydrogens is 340 g/mol. The van der Waals surface area contributed by atoms with Gasteiger partial charge in [0.2, 0.25) is 5.89 Å². The lowest BCUT2D eigenvalue weighted by Gasteiger charge is -2.28. The van der Waals surface area contributed by atoms with Gasteiger partial charge >= 0.3 is 0 Å². The average Bonchev–Trinajstić information content (AvgIpc) is 3.07. The van der Waals surface area contributed by atoms with Crippen LogP contribution in [-0.2, 0) is 19.5 Å². The van der Waals surface area contributed by atoms with E-state index in [4.69, 9.17) is 18.9 Å². The van der Waals surface area contributed by atoms with Gasteiger partial charge in [0.1, 0.15) is 5.76 Å². The number of hydrogen-bond donors (Lipinski definition) is 0. The van der Waals surface area contributed by atoms with Gasteiger partial charge in [0.05, 0.1) is 25.5 Å². The monoisotopic (exact) mass is 364 g/mol. The molecule has 4 rings (SSSR count). The highest BCUT2D eigenvalue weighted by molar-refractivity contribution is 5.68. The minimum absolute atomic E-state index is 0.565. The number of benzene rings is 2. The summed E-state index contributed by atoms with van der Waals surface area (Å²) < 4.78 is 16.9. The van der Waals surface area contributed by atoms with Crippen molar-refractivity contribution in [3.05, 3.63) is 65.0 Å². The zero-order valence-electron chi connectivity index (χ0n) is 16.0. The number of ether oxygens (including phenoxy) is 2. The van der Waals surface area contributed by atoms with E-state index in [2.05, 4.69) is 29.2 Å². The Morgan fingerprint density at radius 2 is 1.85 bits per heavy atom. The minimum Gasteiger partial charge on any atom is -0.493 e. The quantitative estimate of drug-likeness (QED) is 0.678. The number of oxazole rings is 1. The molecule has 1 aromatic heterocycles. The second kappa shape index (κ2) is 7.45. The third kappa shape index (κ3) is 3.43. The summed E-state index contributed by atoms with van der Waals surface area (Å²) in [6.07, 6.45) is 1.07. The van der Waals surface area contributed by atoms with E-state index in [0.29, 0.717) is 17.4 Å². The van der Waals surface area contributed by atoms with Crippen molar-refractivity contribution in [2.75, 3.05) is 20.8 Å². The van der Waals surface area contributed by atoms with Gasteiger partial charge in [0.15, 0.2) is 11.5 Å². The maximum absolute atomic E-state index is 5.98. The van der Waals surface area contributed by atoms with Crippen LogP contribution in [0.2, 0.25) is 0 Å². The molecule has 0 spiro atoms. The summed E-state index contributed by atoms with van der Waals surface area (Å²) in [5, 5.41) is 0. The second-order valence-electron chi connectivity index (χ2n) is 6.79. The van der Waals surface area contributed by atoms with Crippen LogP contribution in [0.3, 0.4) is 0 Å². The van der Waals surface area contributed by atoms with Crippen LogP contribution in [0.5, 0.6) is 11.5 Å². The number of para-hydroxylation sites is 1. The van der Waals surface area contributed by atoms with Gasteiger partial charge in [-0.05, 0) is 36.6 Å². The molecule has 1 aliphatic heterocycles. The minimum atomic E-state index is 0.565. The molecule has 2 aromatic carbocycles. The first-order valence-electron chi connectivity index (χ1n) is 9.16. The number of methoxy groups -OCH3 is 2. The lowest BCUT2D eigenvalue weighted by Crippen LogP contribution is -2.30. The van der Waals surface area contributed by atoms with Crippen LogP contribution in [0.15, 0.2) is 46.9 Å². The van der Waals surface area contributed by atoms with Crippen LogP contribution < -0.4 is 9.47 Å². The Morgan fingerprint density at radius 1 is 1.04 bits per heavy atom. The van der Waals surface area contributed by atoms with E-state index in [1.54, 1.807) is 14.2 Å². The highest BCUT2D eigenvalue weighted by Gasteiger charge is 2.21. The first kappa shape index (κ1) is 17.6. The number of rotatable bonds is 5. The number of aromatic nitrogens is 1. The fourth-order valence-corrected chi connectivity index (χ4v) is 3.65. The third-order valence-electron chi connectivity index (χ3n) is 5.11. The number of fused-ring (bicyclic) bond motifs is 1. The normalized spacial score (nSPS) is 14.0. The first-order valence-corrected chi connectivity index (χ1v) is 9.16. The fraction of sp³-hybridized carbons (Fsp3) is 0.318. The van der Waals surface area contributed by atoms with Crippen LogP contribution in [-0.4, -0.2) is 30.6 Å². The maximum atomic E-state index is 5.98. The summed E-state index contributed by atoms with van der Waals surface area (Å²) in [5.74, 6) is 2.71. The van der Waals surface area contributed by atoms with Crippen LogP contribution in [0.1, 0.15) is 22.6 Å². The molecule has 5 nitrogen and oxygen atoms in total. The number of nitrogens with zero attached hydrogens (tertiary/aromatic N) is 2. The lowest BCUT2D eigenvalue weighted by molar-refractivity contribution is 0.242. The van der Waals surface area contributed by atoms with Crippen molar-refractivity contribution in [3.63, 3.8) is 0 Å². The molecule has 0 atom stereocenters. The zero-order chi connectivity index (χ0) is 18.8. The Bertz CT molecular complexity index is 948. The van der Waals surface area contributed by atoms with Gasteiger partial charge in [-0.3, -0.25) is 4.90 Å². The Labute approximate surface area is 159 Å². The molecule has 0 saturated carbocycles. The van der Waals surface area contributed by atoms with Gasteiger partial charge in [-0.2, -0.15) is 0 Å². The van der Waals surface area contributed by atoms with Gasteiger partial charge in [0.25, 0.3) is 0 Å². The molecule has 0 saturated heterocycles. The molecule has 2 heterocycles. The molecule has 0 bridgehead atoms. The molecule has 0 aliphatic carbocycles. The number of aryl methyl sites for hydroxylation is 1. The molecule has 5 heteroatoms. The van der Waals surface area contributed by atoms with E-state index in [0.717, 1.165) is 43.1 Å². The molecule has 0 unspecified atom stereocenters. The van der Waals surface area contributed by atoms with Crippen LogP contribution in [0.25, 0.3) is 11.5 Å². The molecule has 0 fully saturated rings. The molecule has 27 heavy (non-hydrogen) atoms.